The Labute approximate surface area is 78.0 Å². The van der Waals surface area contributed by atoms with E-state index in [9.17, 15) is 0 Å². The van der Waals surface area contributed by atoms with Gasteiger partial charge in [0.1, 0.15) is 0 Å². The molecular weight excluding hydrogens is 192 g/mol. The molecule has 1 rings (SSSR count). The molecule has 0 amide bonds. The normalized spacial score (nSPS) is 14.4. The molecule has 9 heavy (non-hydrogen) atoms. The van der Waals surface area contributed by atoms with Gasteiger partial charge in [-0.1, -0.05) is 6.08 Å². The maximum atomic E-state index is 3.63. The molecule has 0 saturated carbocycles. The average Bonchev–Trinajstić information content (AvgIpc) is 2.19. The molecule has 1 heteroatoms. The van der Waals surface area contributed by atoms with Gasteiger partial charge in [-0.15, -0.1) is 13.0 Å². The summed E-state index contributed by atoms with van der Waals surface area (Å²) in [6.07, 6.45) is 11.3. The van der Waals surface area contributed by atoms with Gasteiger partial charge in [-0.3, -0.25) is 6.08 Å². The predicted octanol–water partition coefficient (Wildman–Crippen LogP) is 2.81. The average molecular weight is 206 g/mol. The topological polar surface area (TPSA) is 0 Å². The van der Waals surface area contributed by atoms with Gasteiger partial charge < -0.3 is 7.13 Å². The summed E-state index contributed by atoms with van der Waals surface area (Å²) in [5.74, 6) is 0. The van der Waals surface area contributed by atoms with E-state index < -0.39 is 0 Å². The minimum absolute atomic E-state index is 0. The Kier molecular flexibility index (Phi) is 4.71. The molecule has 0 fully saturated rings. The summed E-state index contributed by atoms with van der Waals surface area (Å²) in [4.78, 5) is 0. The molecule has 0 aliphatic heterocycles. The van der Waals surface area contributed by atoms with Gasteiger partial charge >= 0.3 is 0 Å². The van der Waals surface area contributed by atoms with Crippen LogP contribution in [0.2, 0.25) is 0 Å². The SMILES string of the molecule is C=CCC1=[C-]CC=C1.[H-].[H-].[H-].[H-].[H-].[Mo]. The van der Waals surface area contributed by atoms with Crippen LogP contribution in [0.3, 0.4) is 0 Å². The Hall–Kier alpha value is -0.0917. The van der Waals surface area contributed by atoms with Crippen LogP contribution >= 0.6 is 0 Å². The van der Waals surface area contributed by atoms with Crippen LogP contribution in [-0.4, -0.2) is 0 Å². The molecule has 0 bridgehead atoms. The van der Waals surface area contributed by atoms with E-state index in [-0.39, 0.29) is 28.2 Å². The van der Waals surface area contributed by atoms with Crippen LogP contribution < -0.4 is 0 Å². The molecule has 58 valence electrons. The van der Waals surface area contributed by atoms with Crippen molar-refractivity contribution in [2.45, 2.75) is 12.8 Å². The summed E-state index contributed by atoms with van der Waals surface area (Å²) in [5, 5.41) is 0. The molecular formula is C8H14Mo-6. The minimum Gasteiger partial charge on any atom is -1.00 e. The molecule has 0 aromatic rings. The van der Waals surface area contributed by atoms with E-state index in [2.05, 4.69) is 24.8 Å². The fraction of sp³-hybridized carbons (Fsp3) is 0.250. The third-order valence-corrected chi connectivity index (χ3v) is 1.13. The van der Waals surface area contributed by atoms with Crippen LogP contribution in [0.1, 0.15) is 20.0 Å². The van der Waals surface area contributed by atoms with Crippen molar-refractivity contribution in [1.82, 2.24) is 0 Å². The van der Waals surface area contributed by atoms with Gasteiger partial charge in [0.15, 0.2) is 0 Å². The van der Waals surface area contributed by atoms with Gasteiger partial charge in [-0.05, 0) is 6.42 Å². The summed E-state index contributed by atoms with van der Waals surface area (Å²) in [7, 11) is 0. The molecule has 0 nitrogen and oxygen atoms in total. The van der Waals surface area contributed by atoms with Gasteiger partial charge in [0.2, 0.25) is 0 Å². The summed E-state index contributed by atoms with van der Waals surface area (Å²) >= 11 is 0. The van der Waals surface area contributed by atoms with Gasteiger partial charge in [0, 0.05) is 21.1 Å². The van der Waals surface area contributed by atoms with Crippen LogP contribution in [0, 0.1) is 6.08 Å². The van der Waals surface area contributed by atoms with Crippen molar-refractivity contribution in [2.75, 3.05) is 0 Å². The van der Waals surface area contributed by atoms with Crippen molar-refractivity contribution in [2.24, 2.45) is 0 Å². The third kappa shape index (κ3) is 2.81. The quantitative estimate of drug-likeness (QED) is 0.370. The molecule has 1 aliphatic rings. The van der Waals surface area contributed by atoms with E-state index in [1.165, 1.54) is 5.57 Å². The van der Waals surface area contributed by atoms with E-state index in [4.69, 9.17) is 0 Å². The van der Waals surface area contributed by atoms with E-state index >= 15 is 0 Å². The van der Waals surface area contributed by atoms with E-state index in [1.54, 1.807) is 0 Å². The second-order valence-corrected chi connectivity index (χ2v) is 1.80. The number of hydrogen-bond acceptors (Lipinski definition) is 0. The van der Waals surface area contributed by atoms with Crippen molar-refractivity contribution >= 4 is 0 Å². The maximum absolute atomic E-state index is 3.63. The molecule has 0 atom stereocenters. The van der Waals surface area contributed by atoms with Crippen molar-refractivity contribution < 1.29 is 28.2 Å². The first-order valence-corrected chi connectivity index (χ1v) is 2.80. The van der Waals surface area contributed by atoms with Crippen LogP contribution in [0.25, 0.3) is 0 Å². The number of rotatable bonds is 2. The van der Waals surface area contributed by atoms with Gasteiger partial charge in [-0.25, -0.2) is 11.6 Å². The van der Waals surface area contributed by atoms with Crippen LogP contribution in [0.4, 0.5) is 0 Å². The molecule has 0 N–H and O–H groups in total. The van der Waals surface area contributed by atoms with Crippen LogP contribution in [0.5, 0.6) is 0 Å². The molecule has 0 spiro atoms. The van der Waals surface area contributed by atoms with Crippen molar-refractivity contribution in [3.8, 4) is 0 Å². The largest absolute Gasteiger partial charge is 1.00 e. The third-order valence-electron chi connectivity index (χ3n) is 1.13. The molecule has 0 aromatic heterocycles. The first-order valence-electron chi connectivity index (χ1n) is 2.80. The fourth-order valence-electron chi connectivity index (χ4n) is 0.746. The van der Waals surface area contributed by atoms with Crippen molar-refractivity contribution in [3.05, 3.63) is 36.5 Å². The Morgan fingerprint density at radius 3 is 3.11 bits per heavy atom. The summed E-state index contributed by atoms with van der Waals surface area (Å²) in [5.41, 5.74) is 1.28. The van der Waals surface area contributed by atoms with E-state index in [0.29, 0.717) is 0 Å². The Morgan fingerprint density at radius 2 is 2.67 bits per heavy atom. The molecule has 0 unspecified atom stereocenters. The van der Waals surface area contributed by atoms with Crippen molar-refractivity contribution in [1.29, 1.82) is 0 Å². The Balaban J connectivity index is -0.0000000267. The van der Waals surface area contributed by atoms with Crippen molar-refractivity contribution in [3.63, 3.8) is 0 Å². The predicted molar refractivity (Wildman–Crippen MR) is 40.9 cm³/mol. The Bertz CT molecular complexity index is 156. The number of hydrogen-bond donors (Lipinski definition) is 0. The van der Waals surface area contributed by atoms with Gasteiger partial charge in [0.25, 0.3) is 0 Å². The van der Waals surface area contributed by atoms with Gasteiger partial charge in [0.05, 0.1) is 0 Å². The zero-order chi connectivity index (χ0) is 5.82. The standard InChI is InChI=1S/C8H9.Mo.5H/c1-2-5-8-6-3-4-7-8;;;;;;/h2-3,6H,1,4-5H2;;;;;;/q-1;;5*-1. The van der Waals surface area contributed by atoms with E-state index in [0.717, 1.165) is 12.8 Å². The molecule has 0 saturated heterocycles. The monoisotopic (exact) mass is 208 g/mol. The molecule has 0 aromatic carbocycles. The zero-order valence-electron chi connectivity index (χ0n) is 10.3. The smallest absolute Gasteiger partial charge is 0 e. The second kappa shape index (κ2) is 4.76. The summed E-state index contributed by atoms with van der Waals surface area (Å²) < 4.78 is 0. The molecule has 0 radical (unpaired) electrons. The molecule has 1 aliphatic carbocycles. The van der Waals surface area contributed by atoms with Gasteiger partial charge in [-0.2, -0.15) is 6.08 Å². The summed E-state index contributed by atoms with van der Waals surface area (Å²) in [6.45, 7) is 3.63. The first kappa shape index (κ1) is 8.91. The van der Waals surface area contributed by atoms with E-state index in [1.807, 2.05) is 6.08 Å². The zero-order valence-corrected chi connectivity index (χ0v) is 7.27. The maximum Gasteiger partial charge on any atom is 0 e. The van der Waals surface area contributed by atoms with Crippen LogP contribution in [0.15, 0.2) is 30.4 Å². The Morgan fingerprint density at radius 1 is 1.89 bits per heavy atom. The fourth-order valence-corrected chi connectivity index (χ4v) is 0.746. The second-order valence-electron chi connectivity index (χ2n) is 1.80. The van der Waals surface area contributed by atoms with Crippen LogP contribution in [-0.2, 0) is 21.1 Å². The summed E-state index contributed by atoms with van der Waals surface area (Å²) in [6, 6.07) is 0. The minimum atomic E-state index is 0. The molecule has 0 heterocycles. The number of allylic oxidation sites excluding steroid dienone is 5. The first-order chi connectivity index (χ1) is 3.93.